The molecule has 1 N–H and O–H groups in total. The zero-order valence-corrected chi connectivity index (χ0v) is 15.5. The van der Waals surface area contributed by atoms with Crippen molar-refractivity contribution in [1.29, 1.82) is 0 Å². The largest absolute Gasteiger partial charge is 0.391 e. The van der Waals surface area contributed by atoms with E-state index < -0.39 is 0 Å². The highest BCUT2D eigenvalue weighted by Crippen LogP contribution is 2.28. The fraction of sp³-hybridized carbons (Fsp3) is 0.471. The molecule has 0 bridgehead atoms. The molecule has 1 atom stereocenters. The molecule has 0 aromatic carbocycles. The number of β-amino-alcohol motifs (C(OH)–C–C–N with tert-alkyl or cyclic N) is 1. The molecule has 0 amide bonds. The Morgan fingerprint density at radius 1 is 1.28 bits per heavy atom. The van der Waals surface area contributed by atoms with Crippen molar-refractivity contribution in [2.24, 2.45) is 7.05 Å². The van der Waals surface area contributed by atoms with Crippen molar-refractivity contribution in [3.05, 3.63) is 29.7 Å². The topological polar surface area (TPSA) is 71.5 Å². The maximum absolute atomic E-state index is 10.1. The van der Waals surface area contributed by atoms with Crippen LogP contribution in [-0.2, 0) is 7.05 Å². The van der Waals surface area contributed by atoms with Crippen LogP contribution >= 0.6 is 12.4 Å². The van der Waals surface area contributed by atoms with Crippen LogP contribution in [0.25, 0.3) is 17.2 Å². The third-order valence-electron chi connectivity index (χ3n) is 4.80. The van der Waals surface area contributed by atoms with Gasteiger partial charge in [-0.25, -0.2) is 9.97 Å². The minimum Gasteiger partial charge on any atom is -0.391 e. The molecule has 25 heavy (non-hydrogen) atoms. The van der Waals surface area contributed by atoms with Crippen molar-refractivity contribution in [1.82, 2.24) is 24.1 Å². The van der Waals surface area contributed by atoms with Crippen molar-refractivity contribution in [3.8, 4) is 11.5 Å². The Balaban J connectivity index is 0.00000182. The van der Waals surface area contributed by atoms with Crippen molar-refractivity contribution >= 4 is 23.9 Å². The first-order chi connectivity index (χ1) is 11.5. The van der Waals surface area contributed by atoms with E-state index >= 15 is 0 Å². The molecule has 1 unspecified atom stereocenters. The van der Waals surface area contributed by atoms with E-state index in [9.17, 15) is 5.11 Å². The number of aromatic nitrogens is 5. The number of aliphatic hydroxyl groups excluding tert-OH is 1. The number of hydrogen-bond donors (Lipinski definition) is 1. The molecule has 7 nitrogen and oxygen atoms in total. The Kier molecular flexibility index (Phi) is 4.71. The molecule has 0 saturated carbocycles. The minimum absolute atomic E-state index is 0. The van der Waals surface area contributed by atoms with Crippen LogP contribution in [-0.4, -0.2) is 48.4 Å². The average molecular weight is 363 g/mol. The molecule has 134 valence electrons. The van der Waals surface area contributed by atoms with Gasteiger partial charge >= 0.3 is 0 Å². The molecular formula is C17H23ClN6O. The summed E-state index contributed by atoms with van der Waals surface area (Å²) in [5.41, 5.74) is 3.71. The van der Waals surface area contributed by atoms with Crippen molar-refractivity contribution < 1.29 is 5.11 Å². The lowest BCUT2D eigenvalue weighted by Gasteiger charge is -2.33. The van der Waals surface area contributed by atoms with Gasteiger partial charge < -0.3 is 14.6 Å². The van der Waals surface area contributed by atoms with E-state index in [1.807, 2.05) is 35.3 Å². The highest BCUT2D eigenvalue weighted by Gasteiger charge is 2.24. The van der Waals surface area contributed by atoms with Crippen LogP contribution in [0.2, 0.25) is 0 Å². The van der Waals surface area contributed by atoms with E-state index in [0.717, 1.165) is 53.6 Å². The number of anilines is 1. The van der Waals surface area contributed by atoms with Crippen molar-refractivity contribution in [3.63, 3.8) is 0 Å². The second-order valence-electron chi connectivity index (χ2n) is 6.55. The molecule has 1 aliphatic heterocycles. The summed E-state index contributed by atoms with van der Waals surface area (Å²) in [6, 6.07) is 1.97. The van der Waals surface area contributed by atoms with Gasteiger partial charge in [0.05, 0.1) is 6.10 Å². The molecular weight excluding hydrogens is 340 g/mol. The molecule has 3 aromatic heterocycles. The fourth-order valence-electron chi connectivity index (χ4n) is 3.42. The van der Waals surface area contributed by atoms with E-state index in [1.165, 1.54) is 0 Å². The molecule has 1 saturated heterocycles. The van der Waals surface area contributed by atoms with Gasteiger partial charge in [0.25, 0.3) is 0 Å². The summed E-state index contributed by atoms with van der Waals surface area (Å²) in [5.74, 6) is 1.84. The summed E-state index contributed by atoms with van der Waals surface area (Å²) in [4.78, 5) is 11.3. The van der Waals surface area contributed by atoms with Crippen molar-refractivity contribution in [2.45, 2.75) is 32.8 Å². The first kappa shape index (κ1) is 17.7. The Bertz CT molecular complexity index is 902. The van der Waals surface area contributed by atoms with E-state index in [2.05, 4.69) is 21.8 Å². The van der Waals surface area contributed by atoms with Gasteiger partial charge in [-0.1, -0.05) is 0 Å². The molecule has 0 aliphatic carbocycles. The predicted octanol–water partition coefficient (Wildman–Crippen LogP) is 2.13. The molecule has 1 fully saturated rings. The van der Waals surface area contributed by atoms with Crippen LogP contribution in [0.5, 0.6) is 0 Å². The maximum Gasteiger partial charge on any atom is 0.160 e. The molecule has 1 aliphatic rings. The van der Waals surface area contributed by atoms with Crippen LogP contribution in [0.1, 0.15) is 24.1 Å². The predicted molar refractivity (Wildman–Crippen MR) is 99.4 cm³/mol. The normalized spacial score (nSPS) is 17.8. The number of halogens is 1. The van der Waals surface area contributed by atoms with Gasteiger partial charge in [-0.15, -0.1) is 12.4 Å². The smallest absolute Gasteiger partial charge is 0.160 e. The summed E-state index contributed by atoms with van der Waals surface area (Å²) < 4.78 is 3.84. The Hall–Kier alpha value is -2.12. The van der Waals surface area contributed by atoms with Crippen molar-refractivity contribution in [2.75, 3.05) is 18.0 Å². The Morgan fingerprint density at radius 2 is 2.08 bits per heavy atom. The highest BCUT2D eigenvalue weighted by molar-refractivity contribution is 5.85. The summed E-state index contributed by atoms with van der Waals surface area (Å²) in [6.45, 7) is 5.65. The third-order valence-corrected chi connectivity index (χ3v) is 4.80. The molecule has 4 heterocycles. The lowest BCUT2D eigenvalue weighted by atomic mass is 10.1. The lowest BCUT2D eigenvalue weighted by Crippen LogP contribution is -2.40. The molecule has 0 radical (unpaired) electrons. The van der Waals surface area contributed by atoms with E-state index in [0.29, 0.717) is 6.54 Å². The number of fused-ring (bicyclic) bond motifs is 1. The minimum atomic E-state index is -0.286. The van der Waals surface area contributed by atoms with Gasteiger partial charge in [-0.3, -0.25) is 0 Å². The van der Waals surface area contributed by atoms with Crippen LogP contribution in [0.4, 0.5) is 5.82 Å². The summed E-state index contributed by atoms with van der Waals surface area (Å²) in [7, 11) is 1.96. The van der Waals surface area contributed by atoms with Gasteiger partial charge in [-0.05, 0) is 26.7 Å². The zero-order chi connectivity index (χ0) is 16.8. The summed E-state index contributed by atoms with van der Waals surface area (Å²) in [6.07, 6.45) is 5.24. The number of rotatable bonds is 2. The number of aryl methyl sites for hydroxylation is 2. The Morgan fingerprint density at radius 3 is 2.76 bits per heavy atom. The average Bonchev–Trinajstić information content (AvgIpc) is 3.14. The number of piperidine rings is 1. The molecule has 3 aromatic rings. The quantitative estimate of drug-likeness (QED) is 0.756. The van der Waals surface area contributed by atoms with Crippen LogP contribution in [0.3, 0.4) is 0 Å². The number of nitrogens with zero attached hydrogens (tertiary/aromatic N) is 6. The van der Waals surface area contributed by atoms with E-state index in [1.54, 1.807) is 6.20 Å². The third kappa shape index (κ3) is 2.98. The van der Waals surface area contributed by atoms with Gasteiger partial charge in [0, 0.05) is 49.9 Å². The highest BCUT2D eigenvalue weighted by atomic mass is 35.5. The summed E-state index contributed by atoms with van der Waals surface area (Å²) >= 11 is 0. The van der Waals surface area contributed by atoms with E-state index in [-0.39, 0.29) is 18.5 Å². The van der Waals surface area contributed by atoms with Gasteiger partial charge in [0.1, 0.15) is 11.5 Å². The van der Waals surface area contributed by atoms with Gasteiger partial charge in [0.15, 0.2) is 11.5 Å². The number of imidazole rings is 1. The SMILES string of the molecule is Cc1nc2cc(-c3nccn3C)nn2c(N2CCCC(O)C2)c1C.Cl. The standard InChI is InChI=1S/C17H22N6O.ClH/c1-11-12(2)19-15-9-14(16-18-6-8-21(16)3)20-23(15)17(11)22-7-4-5-13(24)10-22;/h6,8-9,13,24H,4-5,7,10H2,1-3H3;1H. The maximum atomic E-state index is 10.1. The zero-order valence-electron chi connectivity index (χ0n) is 14.7. The molecule has 4 rings (SSSR count). The number of aliphatic hydroxyl groups is 1. The van der Waals surface area contributed by atoms with Crippen LogP contribution in [0, 0.1) is 13.8 Å². The first-order valence-electron chi connectivity index (χ1n) is 8.32. The fourth-order valence-corrected chi connectivity index (χ4v) is 3.42. The molecule has 8 heteroatoms. The number of hydrogen-bond acceptors (Lipinski definition) is 5. The van der Waals surface area contributed by atoms with E-state index in [4.69, 9.17) is 5.10 Å². The second kappa shape index (κ2) is 6.65. The van der Waals surface area contributed by atoms with Crippen LogP contribution < -0.4 is 4.90 Å². The van der Waals surface area contributed by atoms with Crippen LogP contribution in [0.15, 0.2) is 18.5 Å². The first-order valence-corrected chi connectivity index (χ1v) is 8.32. The second-order valence-corrected chi connectivity index (χ2v) is 6.55. The molecule has 0 spiro atoms. The lowest BCUT2D eigenvalue weighted by molar-refractivity contribution is 0.153. The van der Waals surface area contributed by atoms with Gasteiger partial charge in [-0.2, -0.15) is 9.61 Å². The monoisotopic (exact) mass is 362 g/mol. The van der Waals surface area contributed by atoms with Gasteiger partial charge in [0.2, 0.25) is 0 Å². The Labute approximate surface area is 152 Å². The summed E-state index contributed by atoms with van der Waals surface area (Å²) in [5, 5.41) is 14.8.